The fraction of sp³-hybridized carbons (Fsp3) is 0.300. The van der Waals surface area contributed by atoms with E-state index in [1.54, 1.807) is 19.1 Å². The minimum absolute atomic E-state index is 0.246. The van der Waals surface area contributed by atoms with Crippen LogP contribution in [0.25, 0.3) is 0 Å². The second-order valence-electron chi connectivity index (χ2n) is 6.34. The van der Waals surface area contributed by atoms with Gasteiger partial charge in [-0.25, -0.2) is 9.97 Å². The summed E-state index contributed by atoms with van der Waals surface area (Å²) in [6.45, 7) is 9.73. The molecule has 2 N–H and O–H groups in total. The zero-order chi connectivity index (χ0) is 20.1. The van der Waals surface area contributed by atoms with E-state index in [2.05, 4.69) is 44.5 Å². The van der Waals surface area contributed by atoms with Crippen molar-refractivity contribution in [1.29, 1.82) is 0 Å². The first-order valence-electron chi connectivity index (χ1n) is 9.21. The summed E-state index contributed by atoms with van der Waals surface area (Å²) in [6.07, 6.45) is 0. The van der Waals surface area contributed by atoms with Crippen LogP contribution in [0.5, 0.6) is 0 Å². The van der Waals surface area contributed by atoms with E-state index in [1.165, 1.54) is 0 Å². The van der Waals surface area contributed by atoms with Gasteiger partial charge in [-0.1, -0.05) is 5.16 Å². The third-order valence-electron chi connectivity index (χ3n) is 4.21. The molecule has 0 aliphatic carbocycles. The van der Waals surface area contributed by atoms with Crippen LogP contribution in [0, 0.1) is 13.8 Å². The fourth-order valence-electron chi connectivity index (χ4n) is 2.82. The monoisotopic (exact) mass is 380 g/mol. The van der Waals surface area contributed by atoms with Crippen molar-refractivity contribution in [2.45, 2.75) is 27.7 Å². The molecule has 1 amide bonds. The molecule has 0 fully saturated rings. The molecule has 3 aromatic rings. The molecule has 2 heterocycles. The van der Waals surface area contributed by atoms with Crippen molar-refractivity contribution in [3.63, 3.8) is 0 Å². The highest BCUT2D eigenvalue weighted by Crippen LogP contribution is 2.20. The Balaban J connectivity index is 1.75. The summed E-state index contributed by atoms with van der Waals surface area (Å²) in [5, 5.41) is 9.58. The molecule has 0 radical (unpaired) electrons. The SMILES string of the molecule is CCN(CC)c1ccc(Nc2nc(C)cc(C(=O)Nc3cc(C)on3)n2)cc1. The van der Waals surface area contributed by atoms with Gasteiger partial charge in [-0.2, -0.15) is 0 Å². The first-order valence-corrected chi connectivity index (χ1v) is 9.21. The van der Waals surface area contributed by atoms with Gasteiger partial charge in [0.15, 0.2) is 5.82 Å². The Kier molecular flexibility index (Phi) is 5.88. The molecule has 0 aliphatic rings. The van der Waals surface area contributed by atoms with E-state index in [-0.39, 0.29) is 11.6 Å². The Labute approximate surface area is 164 Å². The van der Waals surface area contributed by atoms with Crippen molar-refractivity contribution in [3.05, 3.63) is 53.5 Å². The maximum Gasteiger partial charge on any atom is 0.275 e. The van der Waals surface area contributed by atoms with Crippen LogP contribution in [0.4, 0.5) is 23.1 Å². The lowest BCUT2D eigenvalue weighted by Crippen LogP contribution is -2.21. The van der Waals surface area contributed by atoms with Gasteiger partial charge in [-0.3, -0.25) is 4.79 Å². The summed E-state index contributed by atoms with van der Waals surface area (Å²) in [4.78, 5) is 23.4. The van der Waals surface area contributed by atoms with E-state index < -0.39 is 0 Å². The molecule has 0 spiro atoms. The van der Waals surface area contributed by atoms with Crippen LogP contribution in [0.1, 0.15) is 35.8 Å². The van der Waals surface area contributed by atoms with Crippen molar-refractivity contribution in [3.8, 4) is 0 Å². The van der Waals surface area contributed by atoms with Crippen LogP contribution in [-0.2, 0) is 0 Å². The lowest BCUT2D eigenvalue weighted by atomic mass is 10.2. The molecule has 3 rings (SSSR count). The number of carbonyl (C=O) groups is 1. The Morgan fingerprint density at radius 3 is 2.39 bits per heavy atom. The molecule has 0 saturated carbocycles. The van der Waals surface area contributed by atoms with E-state index >= 15 is 0 Å². The number of nitrogens with zero attached hydrogens (tertiary/aromatic N) is 4. The molecule has 146 valence electrons. The number of hydrogen-bond donors (Lipinski definition) is 2. The Morgan fingerprint density at radius 2 is 1.79 bits per heavy atom. The zero-order valence-corrected chi connectivity index (χ0v) is 16.5. The number of aromatic nitrogens is 3. The van der Waals surface area contributed by atoms with Gasteiger partial charge in [-0.05, 0) is 58.0 Å². The minimum Gasteiger partial charge on any atom is -0.372 e. The van der Waals surface area contributed by atoms with Gasteiger partial charge in [0.05, 0.1) is 0 Å². The standard InChI is InChI=1S/C20H24N6O2/c1-5-26(6-2)16-9-7-15(8-10-16)22-20-21-13(3)11-17(23-20)19(27)24-18-12-14(4)28-25-18/h7-12H,5-6H2,1-4H3,(H,21,22,23)(H,24,25,27). The average molecular weight is 380 g/mol. The highest BCUT2D eigenvalue weighted by atomic mass is 16.5. The molecule has 0 atom stereocenters. The lowest BCUT2D eigenvalue weighted by Gasteiger charge is -2.21. The van der Waals surface area contributed by atoms with Crippen LogP contribution < -0.4 is 15.5 Å². The maximum atomic E-state index is 12.4. The first kappa shape index (κ1) is 19.3. The highest BCUT2D eigenvalue weighted by Gasteiger charge is 2.13. The Hall–Kier alpha value is -3.42. The fourth-order valence-corrected chi connectivity index (χ4v) is 2.82. The van der Waals surface area contributed by atoms with Crippen molar-refractivity contribution < 1.29 is 9.32 Å². The second kappa shape index (κ2) is 8.51. The number of amides is 1. The van der Waals surface area contributed by atoms with Gasteiger partial charge in [0.1, 0.15) is 11.5 Å². The zero-order valence-electron chi connectivity index (χ0n) is 16.5. The molecule has 28 heavy (non-hydrogen) atoms. The highest BCUT2D eigenvalue weighted by molar-refractivity contribution is 6.02. The number of hydrogen-bond acceptors (Lipinski definition) is 7. The van der Waals surface area contributed by atoms with Gasteiger partial charge in [0.25, 0.3) is 5.91 Å². The van der Waals surface area contributed by atoms with Crippen molar-refractivity contribution in [2.75, 3.05) is 28.6 Å². The van der Waals surface area contributed by atoms with Gasteiger partial charge in [-0.15, -0.1) is 0 Å². The first-order chi connectivity index (χ1) is 13.5. The molecular formula is C20H24N6O2. The molecule has 0 bridgehead atoms. The summed E-state index contributed by atoms with van der Waals surface area (Å²) in [5.74, 6) is 0.945. The van der Waals surface area contributed by atoms with E-state index in [4.69, 9.17) is 4.52 Å². The number of rotatable bonds is 7. The topological polar surface area (TPSA) is 96.2 Å². The van der Waals surface area contributed by atoms with Gasteiger partial charge < -0.3 is 20.1 Å². The molecule has 0 saturated heterocycles. The van der Waals surface area contributed by atoms with Crippen LogP contribution in [0.2, 0.25) is 0 Å². The normalized spacial score (nSPS) is 10.6. The van der Waals surface area contributed by atoms with Gasteiger partial charge >= 0.3 is 0 Å². The molecular weight excluding hydrogens is 356 g/mol. The Bertz CT molecular complexity index is 948. The smallest absolute Gasteiger partial charge is 0.275 e. The van der Waals surface area contributed by atoms with E-state index in [0.29, 0.717) is 23.2 Å². The largest absolute Gasteiger partial charge is 0.372 e. The number of aryl methyl sites for hydroxylation is 2. The summed E-state index contributed by atoms with van der Waals surface area (Å²) >= 11 is 0. The molecule has 8 nitrogen and oxygen atoms in total. The summed E-state index contributed by atoms with van der Waals surface area (Å²) < 4.78 is 4.96. The predicted octanol–water partition coefficient (Wildman–Crippen LogP) is 3.92. The van der Waals surface area contributed by atoms with Crippen molar-refractivity contribution >= 4 is 29.0 Å². The van der Waals surface area contributed by atoms with Gasteiger partial charge in [0, 0.05) is 36.2 Å². The third kappa shape index (κ3) is 4.64. The molecule has 0 unspecified atom stereocenters. The third-order valence-corrected chi connectivity index (χ3v) is 4.21. The van der Waals surface area contributed by atoms with E-state index in [0.717, 1.165) is 24.5 Å². The van der Waals surface area contributed by atoms with E-state index in [1.807, 2.05) is 31.2 Å². The maximum absolute atomic E-state index is 12.4. The van der Waals surface area contributed by atoms with Crippen LogP contribution >= 0.6 is 0 Å². The summed E-state index contributed by atoms with van der Waals surface area (Å²) in [7, 11) is 0. The lowest BCUT2D eigenvalue weighted by molar-refractivity contribution is 0.102. The van der Waals surface area contributed by atoms with Crippen LogP contribution in [0.3, 0.4) is 0 Å². The molecule has 1 aromatic carbocycles. The van der Waals surface area contributed by atoms with Crippen molar-refractivity contribution in [2.24, 2.45) is 0 Å². The minimum atomic E-state index is -0.376. The predicted molar refractivity (Wildman–Crippen MR) is 109 cm³/mol. The average Bonchev–Trinajstić information content (AvgIpc) is 3.08. The number of carbonyl (C=O) groups excluding carboxylic acids is 1. The molecule has 8 heteroatoms. The van der Waals surface area contributed by atoms with Crippen LogP contribution in [-0.4, -0.2) is 34.1 Å². The quantitative estimate of drug-likeness (QED) is 0.641. The van der Waals surface area contributed by atoms with Gasteiger partial charge in [0.2, 0.25) is 5.95 Å². The Morgan fingerprint density at radius 1 is 1.07 bits per heavy atom. The number of benzene rings is 1. The molecule has 0 aliphatic heterocycles. The summed E-state index contributed by atoms with van der Waals surface area (Å²) in [6, 6.07) is 11.3. The second-order valence-corrected chi connectivity index (χ2v) is 6.34. The van der Waals surface area contributed by atoms with E-state index in [9.17, 15) is 4.79 Å². The van der Waals surface area contributed by atoms with Crippen molar-refractivity contribution in [1.82, 2.24) is 15.1 Å². The van der Waals surface area contributed by atoms with Crippen LogP contribution in [0.15, 0.2) is 40.9 Å². The number of nitrogens with one attached hydrogen (secondary N) is 2. The summed E-state index contributed by atoms with van der Waals surface area (Å²) in [5.41, 5.74) is 2.93. The molecule has 2 aromatic heterocycles. The number of anilines is 4.